The lowest BCUT2D eigenvalue weighted by molar-refractivity contribution is 0.198. The van der Waals surface area contributed by atoms with Crippen LogP contribution in [0, 0.1) is 12.7 Å². The molecule has 2 N–H and O–H groups in total. The van der Waals surface area contributed by atoms with E-state index in [1.807, 2.05) is 0 Å². The number of hydrogen-bond donors (Lipinski definition) is 2. The maximum absolute atomic E-state index is 13.1. The molecule has 1 heterocycles. The van der Waals surface area contributed by atoms with Crippen LogP contribution in [-0.4, -0.2) is 30.5 Å². The highest BCUT2D eigenvalue weighted by Crippen LogP contribution is 2.18. The van der Waals surface area contributed by atoms with Crippen molar-refractivity contribution in [2.24, 2.45) is 0 Å². The van der Waals surface area contributed by atoms with Crippen molar-refractivity contribution in [3.63, 3.8) is 0 Å². The molecular formula is C13H17FN4O2. The van der Waals surface area contributed by atoms with Crippen molar-refractivity contribution in [3.8, 4) is 0 Å². The fourth-order valence-corrected chi connectivity index (χ4v) is 1.59. The zero-order valence-corrected chi connectivity index (χ0v) is 11.4. The monoisotopic (exact) mass is 280 g/mol. The van der Waals surface area contributed by atoms with Crippen LogP contribution >= 0.6 is 0 Å². The molecule has 0 spiro atoms. The molecule has 20 heavy (non-hydrogen) atoms. The summed E-state index contributed by atoms with van der Waals surface area (Å²) in [6.45, 7) is 3.49. The number of nitrogens with one attached hydrogen (secondary N) is 2. The van der Waals surface area contributed by atoms with E-state index >= 15 is 0 Å². The van der Waals surface area contributed by atoms with Gasteiger partial charge in [-0.2, -0.15) is 0 Å². The number of hydrogen-bond acceptors (Lipinski definition) is 6. The Morgan fingerprint density at radius 1 is 1.35 bits per heavy atom. The predicted octanol–water partition coefficient (Wildman–Crippen LogP) is 2.00. The molecule has 0 unspecified atom stereocenters. The van der Waals surface area contributed by atoms with Crippen LogP contribution in [0.4, 0.5) is 16.1 Å². The van der Waals surface area contributed by atoms with Crippen LogP contribution < -0.4 is 10.6 Å². The van der Waals surface area contributed by atoms with Crippen LogP contribution in [0.15, 0.2) is 22.6 Å². The first-order valence-corrected chi connectivity index (χ1v) is 6.24. The Kier molecular flexibility index (Phi) is 5.03. The first-order chi connectivity index (χ1) is 9.69. The van der Waals surface area contributed by atoms with E-state index in [1.165, 1.54) is 6.07 Å². The Morgan fingerprint density at radius 3 is 2.95 bits per heavy atom. The molecule has 0 bridgehead atoms. The van der Waals surface area contributed by atoms with Crippen LogP contribution in [-0.2, 0) is 11.3 Å². The third-order valence-corrected chi connectivity index (χ3v) is 2.64. The molecule has 7 heteroatoms. The lowest BCUT2D eigenvalue weighted by Crippen LogP contribution is -2.18. The molecule has 1 aromatic heterocycles. The summed E-state index contributed by atoms with van der Waals surface area (Å²) in [5.41, 5.74) is 1.25. The zero-order chi connectivity index (χ0) is 14.4. The summed E-state index contributed by atoms with van der Waals surface area (Å²) in [6.07, 6.45) is 0. The summed E-state index contributed by atoms with van der Waals surface area (Å²) in [5.74, 6) is 0.228. The van der Waals surface area contributed by atoms with Gasteiger partial charge >= 0.3 is 6.01 Å². The van der Waals surface area contributed by atoms with Crippen molar-refractivity contribution in [2.75, 3.05) is 25.6 Å². The van der Waals surface area contributed by atoms with E-state index in [4.69, 9.17) is 9.15 Å². The number of nitrogens with zero attached hydrogens (tertiary/aromatic N) is 2. The average molecular weight is 280 g/mol. The zero-order valence-electron chi connectivity index (χ0n) is 11.4. The SMILES string of the molecule is COCCNCc1nnc(Nc2ccc(F)c(C)c2)o1. The molecule has 0 aliphatic carbocycles. The van der Waals surface area contributed by atoms with Gasteiger partial charge in [0.25, 0.3) is 0 Å². The van der Waals surface area contributed by atoms with Crippen molar-refractivity contribution >= 4 is 11.7 Å². The Labute approximate surface area is 116 Å². The van der Waals surface area contributed by atoms with E-state index < -0.39 is 0 Å². The third kappa shape index (κ3) is 4.01. The number of aryl methyl sites for hydroxylation is 1. The molecule has 108 valence electrons. The summed E-state index contributed by atoms with van der Waals surface area (Å²) in [7, 11) is 1.64. The largest absolute Gasteiger partial charge is 0.406 e. The summed E-state index contributed by atoms with van der Waals surface area (Å²) >= 11 is 0. The van der Waals surface area contributed by atoms with Crippen LogP contribution in [0.5, 0.6) is 0 Å². The van der Waals surface area contributed by atoms with Gasteiger partial charge in [-0.1, -0.05) is 5.10 Å². The number of methoxy groups -OCH3 is 1. The van der Waals surface area contributed by atoms with E-state index in [0.29, 0.717) is 36.8 Å². The lowest BCUT2D eigenvalue weighted by atomic mass is 10.2. The van der Waals surface area contributed by atoms with E-state index in [2.05, 4.69) is 20.8 Å². The molecular weight excluding hydrogens is 263 g/mol. The van der Waals surface area contributed by atoms with Gasteiger partial charge in [-0.05, 0) is 30.7 Å². The van der Waals surface area contributed by atoms with Gasteiger partial charge in [0.2, 0.25) is 5.89 Å². The Morgan fingerprint density at radius 2 is 2.20 bits per heavy atom. The highest BCUT2D eigenvalue weighted by molar-refractivity contribution is 5.53. The predicted molar refractivity (Wildman–Crippen MR) is 72.3 cm³/mol. The molecule has 0 aliphatic rings. The molecule has 0 atom stereocenters. The van der Waals surface area contributed by atoms with Crippen molar-refractivity contribution in [3.05, 3.63) is 35.5 Å². The van der Waals surface area contributed by atoms with Crippen LogP contribution in [0.3, 0.4) is 0 Å². The fraction of sp³-hybridized carbons (Fsp3) is 0.385. The quantitative estimate of drug-likeness (QED) is 0.756. The molecule has 0 saturated carbocycles. The highest BCUT2D eigenvalue weighted by Gasteiger charge is 2.06. The standard InChI is InChI=1S/C13H17FN4O2/c1-9-7-10(3-4-11(9)14)16-13-18-17-12(20-13)8-15-5-6-19-2/h3-4,7,15H,5-6,8H2,1-2H3,(H,16,18). The van der Waals surface area contributed by atoms with Gasteiger partial charge in [0, 0.05) is 19.3 Å². The second-order valence-electron chi connectivity index (χ2n) is 4.26. The Hall–Kier alpha value is -1.99. The van der Waals surface area contributed by atoms with Crippen molar-refractivity contribution < 1.29 is 13.5 Å². The average Bonchev–Trinajstić information content (AvgIpc) is 2.87. The minimum Gasteiger partial charge on any atom is -0.406 e. The van der Waals surface area contributed by atoms with Crippen molar-refractivity contribution in [2.45, 2.75) is 13.5 Å². The van der Waals surface area contributed by atoms with Crippen LogP contribution in [0.25, 0.3) is 0 Å². The van der Waals surface area contributed by atoms with E-state index in [9.17, 15) is 4.39 Å². The molecule has 2 aromatic rings. The number of rotatable bonds is 7. The summed E-state index contributed by atoms with van der Waals surface area (Å²) in [6, 6.07) is 4.96. The van der Waals surface area contributed by atoms with Gasteiger partial charge in [0.05, 0.1) is 13.2 Å². The second-order valence-corrected chi connectivity index (χ2v) is 4.26. The molecule has 1 aromatic carbocycles. The summed E-state index contributed by atoms with van der Waals surface area (Å²) < 4.78 is 23.5. The highest BCUT2D eigenvalue weighted by atomic mass is 19.1. The van der Waals surface area contributed by atoms with Crippen molar-refractivity contribution in [1.29, 1.82) is 0 Å². The first-order valence-electron chi connectivity index (χ1n) is 6.24. The maximum Gasteiger partial charge on any atom is 0.320 e. The van der Waals surface area contributed by atoms with E-state index in [0.717, 1.165) is 0 Å². The second kappa shape index (κ2) is 6.97. The molecule has 0 aliphatic heterocycles. The van der Waals surface area contributed by atoms with Crippen LogP contribution in [0.1, 0.15) is 11.5 Å². The van der Waals surface area contributed by atoms with Gasteiger partial charge in [-0.3, -0.25) is 0 Å². The maximum atomic E-state index is 13.1. The normalized spacial score (nSPS) is 10.8. The van der Waals surface area contributed by atoms with Gasteiger partial charge in [0.15, 0.2) is 0 Å². The smallest absolute Gasteiger partial charge is 0.320 e. The van der Waals surface area contributed by atoms with Crippen molar-refractivity contribution in [1.82, 2.24) is 15.5 Å². The molecule has 0 amide bonds. The minimum atomic E-state index is -0.246. The van der Waals surface area contributed by atoms with E-state index in [1.54, 1.807) is 26.2 Å². The number of halogens is 1. The molecule has 0 fully saturated rings. The number of benzene rings is 1. The molecule has 0 saturated heterocycles. The topological polar surface area (TPSA) is 72.2 Å². The fourth-order valence-electron chi connectivity index (χ4n) is 1.59. The Bertz CT molecular complexity index is 559. The van der Waals surface area contributed by atoms with Gasteiger partial charge in [-0.15, -0.1) is 5.10 Å². The molecule has 6 nitrogen and oxygen atoms in total. The van der Waals surface area contributed by atoms with Gasteiger partial charge in [-0.25, -0.2) is 4.39 Å². The summed E-state index contributed by atoms with van der Waals surface area (Å²) in [4.78, 5) is 0. The lowest BCUT2D eigenvalue weighted by Gasteiger charge is -2.03. The number of ether oxygens (including phenoxy) is 1. The number of aromatic nitrogens is 2. The molecule has 0 radical (unpaired) electrons. The molecule has 2 rings (SSSR count). The Balaban J connectivity index is 1.90. The van der Waals surface area contributed by atoms with Crippen LogP contribution in [0.2, 0.25) is 0 Å². The van der Waals surface area contributed by atoms with Gasteiger partial charge in [0.1, 0.15) is 5.82 Å². The first kappa shape index (κ1) is 14.4. The third-order valence-electron chi connectivity index (χ3n) is 2.64. The van der Waals surface area contributed by atoms with Gasteiger partial charge < -0.3 is 19.8 Å². The number of anilines is 2. The minimum absolute atomic E-state index is 0.246. The van der Waals surface area contributed by atoms with E-state index in [-0.39, 0.29) is 11.8 Å². The summed E-state index contributed by atoms with van der Waals surface area (Å²) in [5, 5.41) is 13.8.